The first-order valence-corrected chi connectivity index (χ1v) is 10.3. The van der Waals surface area contributed by atoms with Gasteiger partial charge in [-0.25, -0.2) is 9.97 Å². The van der Waals surface area contributed by atoms with Gasteiger partial charge in [0.15, 0.2) is 23.0 Å². The van der Waals surface area contributed by atoms with Crippen molar-refractivity contribution in [2.75, 3.05) is 11.9 Å². The molecule has 0 radical (unpaired) electrons. The van der Waals surface area contributed by atoms with Gasteiger partial charge in [-0.05, 0) is 25.7 Å². The van der Waals surface area contributed by atoms with E-state index in [1.54, 1.807) is 6.20 Å². The lowest BCUT2D eigenvalue weighted by atomic mass is 9.93. The summed E-state index contributed by atoms with van der Waals surface area (Å²) in [6.45, 7) is 0.590. The highest BCUT2D eigenvalue weighted by Gasteiger charge is 2.27. The van der Waals surface area contributed by atoms with E-state index in [0.29, 0.717) is 24.0 Å². The van der Waals surface area contributed by atoms with E-state index in [0.717, 1.165) is 54.8 Å². The maximum absolute atomic E-state index is 8.86. The van der Waals surface area contributed by atoms with Gasteiger partial charge in [-0.15, -0.1) is 0 Å². The van der Waals surface area contributed by atoms with Crippen LogP contribution in [-0.4, -0.2) is 43.9 Å². The van der Waals surface area contributed by atoms with Gasteiger partial charge in [-0.2, -0.15) is 10.4 Å². The lowest BCUT2D eigenvalue weighted by Gasteiger charge is -2.28. The van der Waals surface area contributed by atoms with Crippen molar-refractivity contribution in [1.82, 2.24) is 25.1 Å². The molecule has 0 spiro atoms. The molecule has 1 fully saturated rings. The number of aromatic amines is 1. The first kappa shape index (κ1) is 19.3. The molecule has 10 heteroatoms. The van der Waals surface area contributed by atoms with Gasteiger partial charge in [0.05, 0.1) is 42.1 Å². The molecule has 0 saturated heterocycles. The van der Waals surface area contributed by atoms with Gasteiger partial charge in [0.25, 0.3) is 0 Å². The Labute approximate surface area is 178 Å². The fourth-order valence-corrected chi connectivity index (χ4v) is 4.01. The van der Waals surface area contributed by atoms with Crippen molar-refractivity contribution in [3.63, 3.8) is 0 Å². The number of hydrogen-bond acceptors (Lipinski definition) is 9. The van der Waals surface area contributed by atoms with Crippen LogP contribution in [-0.2, 0) is 6.42 Å². The molecule has 3 aromatic heterocycles. The number of aromatic nitrogens is 5. The third-order valence-electron chi connectivity index (χ3n) is 5.49. The van der Waals surface area contributed by atoms with Crippen molar-refractivity contribution < 1.29 is 9.47 Å². The molecule has 0 amide bonds. The van der Waals surface area contributed by atoms with E-state index in [9.17, 15) is 0 Å². The molecule has 1 saturated carbocycles. The zero-order valence-corrected chi connectivity index (χ0v) is 16.8. The van der Waals surface area contributed by atoms with Crippen molar-refractivity contribution in [1.29, 1.82) is 5.26 Å². The standard InChI is InChI=1S/C21H22N8O2/c22-8-13-9-26-19(11-24-13)27-18-7-16(28-29-18)20-17(10-25-15-4-5-30-21(15)20)31-14-3-1-2-12(23)6-14/h7,9-12,14H,1-6,23H2,(H2,26,27,28,29)/t12-,14+/m0/s1. The summed E-state index contributed by atoms with van der Waals surface area (Å²) in [5.74, 6) is 2.43. The molecule has 0 unspecified atom stereocenters. The minimum absolute atomic E-state index is 0.0539. The number of nitriles is 1. The number of ether oxygens (including phenoxy) is 2. The molecular formula is C21H22N8O2. The molecule has 4 heterocycles. The van der Waals surface area contributed by atoms with Crippen LogP contribution in [0.1, 0.15) is 37.1 Å². The molecule has 4 N–H and O–H groups in total. The summed E-state index contributed by atoms with van der Waals surface area (Å²) in [4.78, 5) is 12.7. The van der Waals surface area contributed by atoms with Crippen molar-refractivity contribution >= 4 is 11.6 Å². The first-order chi connectivity index (χ1) is 15.2. The summed E-state index contributed by atoms with van der Waals surface area (Å²) >= 11 is 0. The number of nitrogens with zero attached hydrogens (tertiary/aromatic N) is 5. The van der Waals surface area contributed by atoms with Gasteiger partial charge in [-0.1, -0.05) is 0 Å². The summed E-state index contributed by atoms with van der Waals surface area (Å²) in [6, 6.07) is 3.97. The largest absolute Gasteiger partial charge is 0.490 e. The van der Waals surface area contributed by atoms with E-state index in [1.165, 1.54) is 12.4 Å². The predicted molar refractivity (Wildman–Crippen MR) is 112 cm³/mol. The van der Waals surface area contributed by atoms with E-state index in [-0.39, 0.29) is 17.8 Å². The number of fused-ring (bicyclic) bond motifs is 1. The molecule has 3 aromatic rings. The van der Waals surface area contributed by atoms with Crippen molar-refractivity contribution in [3.05, 3.63) is 36.0 Å². The number of H-pyrrole nitrogens is 1. The van der Waals surface area contributed by atoms with Crippen LogP contribution in [0.5, 0.6) is 11.5 Å². The quantitative estimate of drug-likeness (QED) is 0.568. The zero-order valence-electron chi connectivity index (χ0n) is 16.8. The average Bonchev–Trinajstić information content (AvgIpc) is 3.44. The smallest absolute Gasteiger partial charge is 0.158 e. The number of nitrogens with two attached hydrogens (primary N) is 1. The van der Waals surface area contributed by atoms with Crippen molar-refractivity contribution in [2.24, 2.45) is 5.73 Å². The van der Waals surface area contributed by atoms with Crippen LogP contribution >= 0.6 is 0 Å². The second kappa shape index (κ2) is 8.20. The number of anilines is 2. The predicted octanol–water partition coefficient (Wildman–Crippen LogP) is 2.46. The van der Waals surface area contributed by atoms with E-state index < -0.39 is 0 Å². The Morgan fingerprint density at radius 3 is 2.94 bits per heavy atom. The molecule has 2 atom stereocenters. The van der Waals surface area contributed by atoms with Crippen LogP contribution in [0, 0.1) is 11.3 Å². The van der Waals surface area contributed by atoms with E-state index in [2.05, 4.69) is 30.5 Å². The lowest BCUT2D eigenvalue weighted by Crippen LogP contribution is -2.33. The van der Waals surface area contributed by atoms with Gasteiger partial charge in [0.2, 0.25) is 0 Å². The van der Waals surface area contributed by atoms with Crippen molar-refractivity contribution in [2.45, 2.75) is 44.2 Å². The molecule has 1 aliphatic heterocycles. The molecule has 5 rings (SSSR count). The van der Waals surface area contributed by atoms with E-state index in [4.69, 9.17) is 20.5 Å². The van der Waals surface area contributed by atoms with Gasteiger partial charge in [0.1, 0.15) is 18.0 Å². The fraction of sp³-hybridized carbons (Fsp3) is 0.381. The van der Waals surface area contributed by atoms with Gasteiger partial charge < -0.3 is 20.5 Å². The Bertz CT molecular complexity index is 1120. The Morgan fingerprint density at radius 1 is 1.19 bits per heavy atom. The highest BCUT2D eigenvalue weighted by molar-refractivity contribution is 5.77. The minimum Gasteiger partial charge on any atom is -0.490 e. The Morgan fingerprint density at radius 2 is 2.13 bits per heavy atom. The number of nitrogens with one attached hydrogen (secondary N) is 2. The second-order valence-corrected chi connectivity index (χ2v) is 7.73. The van der Waals surface area contributed by atoms with E-state index >= 15 is 0 Å². The molecular weight excluding hydrogens is 396 g/mol. The van der Waals surface area contributed by atoms with Crippen LogP contribution < -0.4 is 20.5 Å². The summed E-state index contributed by atoms with van der Waals surface area (Å²) in [5.41, 5.74) is 8.86. The highest BCUT2D eigenvalue weighted by Crippen LogP contribution is 2.43. The molecule has 0 bridgehead atoms. The van der Waals surface area contributed by atoms with Crippen LogP contribution in [0.2, 0.25) is 0 Å². The normalized spacial score (nSPS) is 19.9. The summed E-state index contributed by atoms with van der Waals surface area (Å²) < 4.78 is 12.2. The highest BCUT2D eigenvalue weighted by atomic mass is 16.5. The molecule has 0 aromatic carbocycles. The number of pyridine rings is 1. The van der Waals surface area contributed by atoms with Crippen molar-refractivity contribution in [3.8, 4) is 28.8 Å². The lowest BCUT2D eigenvalue weighted by molar-refractivity contribution is 0.144. The maximum Gasteiger partial charge on any atom is 0.158 e. The fourth-order valence-electron chi connectivity index (χ4n) is 4.01. The van der Waals surface area contributed by atoms with Gasteiger partial charge in [0, 0.05) is 18.5 Å². The summed E-state index contributed by atoms with van der Waals surface area (Å²) in [6.07, 6.45) is 9.36. The van der Waals surface area contributed by atoms with Crippen LogP contribution in [0.4, 0.5) is 11.6 Å². The van der Waals surface area contributed by atoms with Gasteiger partial charge in [-0.3, -0.25) is 10.1 Å². The zero-order chi connectivity index (χ0) is 21.2. The van der Waals surface area contributed by atoms with Gasteiger partial charge >= 0.3 is 0 Å². The molecule has 1 aliphatic carbocycles. The number of rotatable bonds is 5. The maximum atomic E-state index is 8.86. The summed E-state index contributed by atoms with van der Waals surface area (Å²) in [7, 11) is 0. The molecule has 31 heavy (non-hydrogen) atoms. The van der Waals surface area contributed by atoms with E-state index in [1.807, 2.05) is 12.1 Å². The summed E-state index contributed by atoms with van der Waals surface area (Å²) in [5, 5.41) is 19.3. The Kier molecular flexibility index (Phi) is 5.09. The number of hydrogen-bond donors (Lipinski definition) is 3. The molecule has 2 aliphatic rings. The Balaban J connectivity index is 1.43. The third kappa shape index (κ3) is 4.00. The second-order valence-electron chi connectivity index (χ2n) is 7.73. The van der Waals surface area contributed by atoms with Crippen LogP contribution in [0.15, 0.2) is 24.7 Å². The van der Waals surface area contributed by atoms with Crippen LogP contribution in [0.25, 0.3) is 11.3 Å². The molecule has 10 nitrogen and oxygen atoms in total. The monoisotopic (exact) mass is 418 g/mol. The SMILES string of the molecule is N#Cc1cnc(Nc2cc(-c3c(O[C@@H]4CCC[C@H](N)C4)cnc4c3OCC4)[nH]n2)cn1. The molecule has 158 valence electrons. The van der Waals surface area contributed by atoms with Crippen LogP contribution in [0.3, 0.4) is 0 Å². The topological polar surface area (TPSA) is 148 Å². The average molecular weight is 418 g/mol. The minimum atomic E-state index is 0.0539. The Hall–Kier alpha value is -3.71. The third-order valence-corrected chi connectivity index (χ3v) is 5.49. The first-order valence-electron chi connectivity index (χ1n) is 10.3.